The molecule has 0 radical (unpaired) electrons. The summed E-state index contributed by atoms with van der Waals surface area (Å²) in [7, 11) is 0. The number of hydrogen-bond donors (Lipinski definition) is 0. The highest BCUT2D eigenvalue weighted by Crippen LogP contribution is 2.39. The fourth-order valence-corrected chi connectivity index (χ4v) is 10.0. The molecule has 0 spiro atoms. The van der Waals surface area contributed by atoms with Crippen molar-refractivity contribution in [2.75, 3.05) is 0 Å². The third-order valence-corrected chi connectivity index (χ3v) is 12.3. The number of nitrogens with zero attached hydrogens (tertiary/aromatic N) is 4. The topological polar surface area (TPSA) is 27.7 Å². The van der Waals surface area contributed by atoms with Crippen molar-refractivity contribution in [1.29, 1.82) is 0 Å². The predicted molar refractivity (Wildman–Crippen MR) is 210 cm³/mol. The quantitative estimate of drug-likeness (QED) is 0.184. The molecular formula is C47H42N4. The molecule has 0 atom stereocenters. The molecular weight excluding hydrogens is 621 g/mol. The minimum atomic E-state index is 1.03. The van der Waals surface area contributed by atoms with Crippen molar-refractivity contribution in [3.05, 3.63) is 143 Å². The molecule has 4 aromatic heterocycles. The highest BCUT2D eigenvalue weighted by atomic mass is 15.1. The molecule has 0 fully saturated rings. The van der Waals surface area contributed by atoms with Gasteiger partial charge in [0.15, 0.2) is 0 Å². The standard InChI is InChI=1S/C47H42N4/c1-7-19-40-34(13-1)35-14-2-8-20-41(35)49(40)33-27-25-31(26-28-33)32-29-46(50-42-21-9-3-15-36(42)37-16-4-10-22-43(37)50)48-47(30-32)51-44-23-11-5-17-38(44)39-18-6-12-24-45(39)51/h1,3,5,7,9,11,13,15,17,19,21,23,25-30H,2,4,6,8,10,12,14,16,18,20,22,24H2. The first-order chi connectivity index (χ1) is 25.3. The van der Waals surface area contributed by atoms with Crippen molar-refractivity contribution in [3.63, 3.8) is 0 Å². The summed E-state index contributed by atoms with van der Waals surface area (Å²) in [6.07, 6.45) is 14.3. The van der Waals surface area contributed by atoms with Crippen molar-refractivity contribution in [2.24, 2.45) is 0 Å². The lowest BCUT2D eigenvalue weighted by Gasteiger charge is -2.20. The molecule has 0 bridgehead atoms. The zero-order valence-electron chi connectivity index (χ0n) is 29.2. The number of benzene rings is 4. The minimum absolute atomic E-state index is 1.03. The van der Waals surface area contributed by atoms with Gasteiger partial charge in [-0.05, 0) is 147 Å². The number of hydrogen-bond acceptors (Lipinski definition) is 1. The van der Waals surface area contributed by atoms with E-state index in [2.05, 4.69) is 123 Å². The van der Waals surface area contributed by atoms with Gasteiger partial charge in [0.25, 0.3) is 0 Å². The fourth-order valence-electron chi connectivity index (χ4n) is 10.0. The lowest BCUT2D eigenvalue weighted by atomic mass is 9.95. The summed E-state index contributed by atoms with van der Waals surface area (Å²) in [5, 5.41) is 4.19. The van der Waals surface area contributed by atoms with Crippen LogP contribution in [-0.4, -0.2) is 18.7 Å². The smallest absolute Gasteiger partial charge is 0.140 e. The maximum atomic E-state index is 5.62. The molecule has 11 rings (SSSR count). The van der Waals surface area contributed by atoms with Crippen molar-refractivity contribution < 1.29 is 0 Å². The Morgan fingerprint density at radius 3 is 1.24 bits per heavy atom. The van der Waals surface area contributed by atoms with Crippen LogP contribution in [0.15, 0.2) is 109 Å². The molecule has 4 aromatic carbocycles. The van der Waals surface area contributed by atoms with E-state index in [1.807, 2.05) is 0 Å². The van der Waals surface area contributed by atoms with Gasteiger partial charge in [-0.3, -0.25) is 9.13 Å². The van der Waals surface area contributed by atoms with Gasteiger partial charge >= 0.3 is 0 Å². The lowest BCUT2D eigenvalue weighted by Crippen LogP contribution is -2.12. The third kappa shape index (κ3) is 4.48. The molecule has 0 saturated heterocycles. The zero-order chi connectivity index (χ0) is 33.5. The Kier molecular flexibility index (Phi) is 6.68. The molecule has 0 unspecified atom stereocenters. The van der Waals surface area contributed by atoms with Gasteiger partial charge in [0.1, 0.15) is 11.6 Å². The van der Waals surface area contributed by atoms with E-state index < -0.39 is 0 Å². The SMILES string of the molecule is c1ccc2c(c1)c1c(n2-c2ccc(-c3cc(-n4c5c(c6ccccc64)CCCC5)nc(-n4c5c(c6ccccc64)CCCC5)c3)cc2)CCCC1. The van der Waals surface area contributed by atoms with E-state index in [1.165, 1.54) is 123 Å². The van der Waals surface area contributed by atoms with E-state index >= 15 is 0 Å². The van der Waals surface area contributed by atoms with E-state index in [-0.39, 0.29) is 0 Å². The van der Waals surface area contributed by atoms with Gasteiger partial charge < -0.3 is 4.57 Å². The molecule has 4 heteroatoms. The van der Waals surface area contributed by atoms with Crippen molar-refractivity contribution >= 4 is 32.7 Å². The molecule has 0 N–H and O–H groups in total. The van der Waals surface area contributed by atoms with Gasteiger partial charge in [-0.1, -0.05) is 66.7 Å². The average molecular weight is 663 g/mol. The second kappa shape index (κ2) is 11.6. The summed E-state index contributed by atoms with van der Waals surface area (Å²) >= 11 is 0. The van der Waals surface area contributed by atoms with Crippen LogP contribution in [0.3, 0.4) is 0 Å². The summed E-state index contributed by atoms with van der Waals surface area (Å²) in [6.45, 7) is 0. The molecule has 4 nitrogen and oxygen atoms in total. The van der Waals surface area contributed by atoms with Crippen molar-refractivity contribution in [3.8, 4) is 28.5 Å². The second-order valence-corrected chi connectivity index (χ2v) is 15.1. The van der Waals surface area contributed by atoms with Gasteiger partial charge in [-0.25, -0.2) is 4.98 Å². The van der Waals surface area contributed by atoms with E-state index in [0.717, 1.165) is 43.7 Å². The van der Waals surface area contributed by atoms with Crippen LogP contribution in [0.1, 0.15) is 72.3 Å². The Bertz CT molecular complexity index is 2530. The number of pyridine rings is 1. The number of fused-ring (bicyclic) bond motifs is 9. The summed E-state index contributed by atoms with van der Waals surface area (Å²) in [5.41, 5.74) is 16.5. The Morgan fingerprint density at radius 2 is 0.765 bits per heavy atom. The molecule has 0 saturated carbocycles. The number of aryl methyl sites for hydroxylation is 3. The van der Waals surface area contributed by atoms with Crippen LogP contribution >= 0.6 is 0 Å². The van der Waals surface area contributed by atoms with Gasteiger partial charge in [0.05, 0.1) is 16.6 Å². The van der Waals surface area contributed by atoms with Crippen LogP contribution in [0.5, 0.6) is 0 Å². The van der Waals surface area contributed by atoms with Crippen LogP contribution in [0.25, 0.3) is 61.2 Å². The summed E-state index contributed by atoms with van der Waals surface area (Å²) in [6, 6.07) is 41.1. The molecule has 0 amide bonds. The Morgan fingerprint density at radius 1 is 0.373 bits per heavy atom. The first-order valence-electron chi connectivity index (χ1n) is 19.3. The molecule has 250 valence electrons. The van der Waals surface area contributed by atoms with Crippen LogP contribution in [0.4, 0.5) is 0 Å². The highest BCUT2D eigenvalue weighted by Gasteiger charge is 2.26. The number of rotatable bonds is 4. The molecule has 3 aliphatic rings. The first kappa shape index (κ1) is 29.4. The van der Waals surface area contributed by atoms with Gasteiger partial charge in [-0.2, -0.15) is 0 Å². The Labute approximate surface area is 299 Å². The average Bonchev–Trinajstić information content (AvgIpc) is 3.84. The van der Waals surface area contributed by atoms with Crippen LogP contribution < -0.4 is 0 Å². The molecule has 8 aromatic rings. The van der Waals surface area contributed by atoms with Gasteiger partial charge in [0.2, 0.25) is 0 Å². The molecule has 51 heavy (non-hydrogen) atoms. The molecule has 3 aliphatic carbocycles. The van der Waals surface area contributed by atoms with Gasteiger partial charge in [-0.15, -0.1) is 0 Å². The van der Waals surface area contributed by atoms with Crippen LogP contribution in [0, 0.1) is 0 Å². The lowest BCUT2D eigenvalue weighted by molar-refractivity contribution is 0.660. The molecule has 4 heterocycles. The maximum absolute atomic E-state index is 5.62. The monoisotopic (exact) mass is 662 g/mol. The zero-order valence-corrected chi connectivity index (χ0v) is 29.2. The van der Waals surface area contributed by atoms with Crippen molar-refractivity contribution in [2.45, 2.75) is 77.0 Å². The van der Waals surface area contributed by atoms with Crippen LogP contribution in [0.2, 0.25) is 0 Å². The van der Waals surface area contributed by atoms with E-state index in [1.54, 1.807) is 5.56 Å². The Balaban J connectivity index is 1.13. The summed E-state index contributed by atoms with van der Waals surface area (Å²) in [5.74, 6) is 2.05. The summed E-state index contributed by atoms with van der Waals surface area (Å²) in [4.78, 5) is 5.62. The molecule has 0 aliphatic heterocycles. The van der Waals surface area contributed by atoms with E-state index in [4.69, 9.17) is 4.98 Å². The second-order valence-electron chi connectivity index (χ2n) is 15.1. The van der Waals surface area contributed by atoms with Crippen LogP contribution in [-0.2, 0) is 38.5 Å². The first-order valence-corrected chi connectivity index (χ1v) is 19.3. The third-order valence-electron chi connectivity index (χ3n) is 12.3. The normalized spacial score (nSPS) is 15.7. The fraction of sp³-hybridized carbons (Fsp3) is 0.255. The van der Waals surface area contributed by atoms with Gasteiger partial charge in [0, 0.05) is 38.9 Å². The van der Waals surface area contributed by atoms with E-state index in [9.17, 15) is 0 Å². The predicted octanol–water partition coefficient (Wildman–Crippen LogP) is 11.2. The number of aromatic nitrogens is 4. The highest BCUT2D eigenvalue weighted by molar-refractivity contribution is 5.90. The largest absolute Gasteiger partial charge is 0.313 e. The van der Waals surface area contributed by atoms with Crippen molar-refractivity contribution in [1.82, 2.24) is 18.7 Å². The maximum Gasteiger partial charge on any atom is 0.140 e. The summed E-state index contributed by atoms with van der Waals surface area (Å²) < 4.78 is 7.54. The Hall–Kier alpha value is -5.35. The number of para-hydroxylation sites is 3. The van der Waals surface area contributed by atoms with E-state index in [0.29, 0.717) is 0 Å². The minimum Gasteiger partial charge on any atom is -0.313 e.